The van der Waals surface area contributed by atoms with Gasteiger partial charge < -0.3 is 5.73 Å². The molecule has 2 aromatic carbocycles. The third kappa shape index (κ3) is 8.59. The molecule has 2 unspecified atom stereocenters. The Morgan fingerprint density at radius 2 is 1.07 bits per heavy atom. The van der Waals surface area contributed by atoms with Crippen molar-refractivity contribution < 1.29 is 4.79 Å². The molecule has 0 aromatic heterocycles. The normalized spacial score (nSPS) is 16.9. The fourth-order valence-electron chi connectivity index (χ4n) is 7.57. The van der Waals surface area contributed by atoms with E-state index in [0.29, 0.717) is 0 Å². The van der Waals surface area contributed by atoms with E-state index in [-0.39, 0.29) is 11.8 Å². The molecule has 0 saturated carbocycles. The summed E-state index contributed by atoms with van der Waals surface area (Å²) in [5.74, 6) is 0.122. The zero-order valence-corrected chi connectivity index (χ0v) is 28.7. The summed E-state index contributed by atoms with van der Waals surface area (Å²) in [5.41, 5.74) is 12.0. The highest BCUT2D eigenvalue weighted by Crippen LogP contribution is 2.54. The van der Waals surface area contributed by atoms with Gasteiger partial charge in [0.05, 0.1) is 5.04 Å². The summed E-state index contributed by atoms with van der Waals surface area (Å²) in [6, 6.07) is 21.7. The molecular formula is C39H59NOSi. The maximum Gasteiger partial charge on any atom is 0.225 e. The number of benzene rings is 2. The molecule has 42 heavy (non-hydrogen) atoms. The summed E-state index contributed by atoms with van der Waals surface area (Å²) < 4.78 is 0. The van der Waals surface area contributed by atoms with Crippen molar-refractivity contribution >= 4 is 25.1 Å². The predicted molar refractivity (Wildman–Crippen MR) is 186 cm³/mol. The second kappa shape index (κ2) is 17.7. The average Bonchev–Trinajstić information content (AvgIpc) is 3.19. The number of amides is 1. The Morgan fingerprint density at radius 1 is 0.667 bits per heavy atom. The van der Waals surface area contributed by atoms with Crippen molar-refractivity contribution in [3.8, 4) is 0 Å². The van der Waals surface area contributed by atoms with E-state index in [9.17, 15) is 4.79 Å². The Balaban J connectivity index is 1.73. The van der Waals surface area contributed by atoms with Crippen LogP contribution in [0.5, 0.6) is 0 Å². The van der Waals surface area contributed by atoms with Gasteiger partial charge >= 0.3 is 0 Å². The molecule has 0 aliphatic heterocycles. The molecule has 2 atom stereocenters. The summed E-state index contributed by atoms with van der Waals surface area (Å²) in [6.45, 7) is 11.3. The second-order valence-corrected chi connectivity index (χ2v) is 16.2. The smallest absolute Gasteiger partial charge is 0.225 e. The number of rotatable bonds is 20. The number of hydrogen-bond acceptors (Lipinski definition) is 1. The Bertz CT molecular complexity index is 1110. The summed E-state index contributed by atoms with van der Waals surface area (Å²) >= 11 is 0. The molecule has 2 nitrogen and oxygen atoms in total. The van der Waals surface area contributed by atoms with E-state index < -0.39 is 13.8 Å². The van der Waals surface area contributed by atoms with Crippen LogP contribution in [0.25, 0.3) is 0 Å². The highest BCUT2D eigenvalue weighted by atomic mass is 28.3. The summed E-state index contributed by atoms with van der Waals surface area (Å²) in [4.78, 5) is 14.1. The molecule has 0 radical (unpaired) electrons. The van der Waals surface area contributed by atoms with E-state index in [4.69, 9.17) is 5.73 Å². The van der Waals surface area contributed by atoms with E-state index in [0.717, 1.165) is 12.8 Å². The van der Waals surface area contributed by atoms with Crippen LogP contribution in [0.3, 0.4) is 0 Å². The number of carbonyl (C=O) groups excluding carboxylic acids is 1. The number of hydrogen-bond donors (Lipinski definition) is 1. The Hall–Kier alpha value is -2.39. The fourth-order valence-corrected chi connectivity index (χ4v) is 11.9. The van der Waals surface area contributed by atoms with Crippen LogP contribution in [0.1, 0.15) is 131 Å². The van der Waals surface area contributed by atoms with Crippen molar-refractivity contribution in [1.29, 1.82) is 0 Å². The van der Waals surface area contributed by atoms with Crippen molar-refractivity contribution in [1.82, 2.24) is 0 Å². The third-order valence-corrected chi connectivity index (χ3v) is 14.2. The van der Waals surface area contributed by atoms with Crippen LogP contribution in [0, 0.1) is 5.92 Å². The fraction of sp³-hybridized carbons (Fsp3) is 0.564. The average molecular weight is 586 g/mol. The van der Waals surface area contributed by atoms with Gasteiger partial charge in [0.2, 0.25) is 5.91 Å². The van der Waals surface area contributed by atoms with Gasteiger partial charge in [-0.1, -0.05) is 180 Å². The van der Waals surface area contributed by atoms with E-state index in [2.05, 4.69) is 95.3 Å². The van der Waals surface area contributed by atoms with Gasteiger partial charge in [0.15, 0.2) is 0 Å². The van der Waals surface area contributed by atoms with E-state index in [1.54, 1.807) is 0 Å². The van der Waals surface area contributed by atoms with Crippen molar-refractivity contribution in [2.75, 3.05) is 0 Å². The van der Waals surface area contributed by atoms with Crippen LogP contribution in [-0.4, -0.2) is 14.7 Å². The summed E-state index contributed by atoms with van der Waals surface area (Å²) in [5, 5.41) is 1.98. The van der Waals surface area contributed by atoms with Gasteiger partial charge in [0, 0.05) is 0 Å². The highest BCUT2D eigenvalue weighted by Gasteiger charge is 2.52. The Labute approximate surface area is 259 Å². The lowest BCUT2D eigenvalue weighted by Crippen LogP contribution is -2.58. The molecule has 3 heteroatoms. The summed E-state index contributed by atoms with van der Waals surface area (Å²) in [7, 11) is -2.09. The quantitative estimate of drug-likeness (QED) is 0.122. The lowest BCUT2D eigenvalue weighted by molar-refractivity contribution is -0.120. The maximum absolute atomic E-state index is 14.1. The molecule has 2 N–H and O–H groups in total. The van der Waals surface area contributed by atoms with Crippen LogP contribution in [0.2, 0.25) is 5.04 Å². The first-order chi connectivity index (χ1) is 20.4. The van der Waals surface area contributed by atoms with Gasteiger partial charge in [-0.25, -0.2) is 0 Å². The van der Waals surface area contributed by atoms with Gasteiger partial charge in [-0.05, 0) is 49.8 Å². The van der Waals surface area contributed by atoms with Crippen molar-refractivity contribution in [2.45, 2.75) is 136 Å². The van der Waals surface area contributed by atoms with Crippen molar-refractivity contribution in [3.05, 3.63) is 83.0 Å². The van der Waals surface area contributed by atoms with Crippen LogP contribution >= 0.6 is 0 Å². The molecule has 3 rings (SSSR count). The monoisotopic (exact) mass is 585 g/mol. The number of primary amides is 1. The topological polar surface area (TPSA) is 43.1 Å². The van der Waals surface area contributed by atoms with Gasteiger partial charge in [0.1, 0.15) is 8.80 Å². The zero-order chi connectivity index (χ0) is 30.4. The molecule has 2 aromatic rings. The Morgan fingerprint density at radius 3 is 1.43 bits per heavy atom. The van der Waals surface area contributed by atoms with Crippen molar-refractivity contribution in [3.63, 3.8) is 0 Å². The first-order valence-electron chi connectivity index (χ1n) is 17.1. The second-order valence-electron chi connectivity index (χ2n) is 13.0. The standard InChI is InChI=1S/C39H59NOSi/c1-6-7-8-9-10-11-12-13-14-15-16-17-18-25-30-39(38(40)41,37-33(4)31(2)32(3)34(37)5)42(35-26-21-19-22-27-35)36-28-23-20-24-29-36/h19-24,26-29,33,42H,6-18,25,30H2,1-5H3,(H2,40,41). The minimum Gasteiger partial charge on any atom is -0.369 e. The SMILES string of the molecule is CCCCCCCCCCCCCCCCC(C(N)=O)(C1=C(C)C(C)=C(C)C1C)[SiH](c1ccccc1)c1ccccc1. The van der Waals surface area contributed by atoms with E-state index >= 15 is 0 Å². The number of allylic oxidation sites excluding steroid dienone is 3. The molecule has 230 valence electrons. The molecule has 0 spiro atoms. The molecule has 0 heterocycles. The van der Waals surface area contributed by atoms with Crippen LogP contribution in [-0.2, 0) is 4.79 Å². The number of carbonyl (C=O) groups is 1. The molecule has 1 aliphatic carbocycles. The predicted octanol–water partition coefficient (Wildman–Crippen LogP) is 9.43. The lowest BCUT2D eigenvalue weighted by Gasteiger charge is -2.42. The molecule has 1 aliphatic rings. The third-order valence-electron chi connectivity index (χ3n) is 10.2. The maximum atomic E-state index is 14.1. The van der Waals surface area contributed by atoms with E-state index in [1.807, 2.05) is 0 Å². The first-order valence-corrected chi connectivity index (χ1v) is 18.9. The van der Waals surface area contributed by atoms with Gasteiger partial charge in [-0.3, -0.25) is 4.79 Å². The largest absolute Gasteiger partial charge is 0.369 e. The minimum atomic E-state index is -2.09. The molecular weight excluding hydrogens is 527 g/mol. The first kappa shape index (κ1) is 34.1. The minimum absolute atomic E-state index is 0.120. The van der Waals surface area contributed by atoms with Gasteiger partial charge in [-0.2, -0.15) is 0 Å². The number of unbranched alkanes of at least 4 members (excludes halogenated alkanes) is 13. The molecule has 0 fully saturated rings. The van der Waals surface area contributed by atoms with E-state index in [1.165, 1.54) is 116 Å². The molecule has 1 amide bonds. The van der Waals surface area contributed by atoms with Crippen LogP contribution in [0.4, 0.5) is 0 Å². The highest BCUT2D eigenvalue weighted by molar-refractivity contribution is 6.90. The zero-order valence-electron chi connectivity index (χ0n) is 27.5. The van der Waals surface area contributed by atoms with Gasteiger partial charge in [-0.15, -0.1) is 0 Å². The number of nitrogens with two attached hydrogens (primary N) is 1. The van der Waals surface area contributed by atoms with Crippen LogP contribution < -0.4 is 16.1 Å². The van der Waals surface area contributed by atoms with Gasteiger partial charge in [0.25, 0.3) is 0 Å². The van der Waals surface area contributed by atoms with Crippen LogP contribution in [0.15, 0.2) is 83.0 Å². The lowest BCUT2D eigenvalue weighted by atomic mass is 9.82. The van der Waals surface area contributed by atoms with Crippen molar-refractivity contribution in [2.24, 2.45) is 11.7 Å². The Kier molecular flexibility index (Phi) is 14.3. The molecule has 0 saturated heterocycles. The molecule has 0 bridgehead atoms. The summed E-state index contributed by atoms with van der Waals surface area (Å²) in [6.07, 6.45) is 19.5.